The van der Waals surface area contributed by atoms with Crippen LogP contribution in [0.5, 0.6) is 5.75 Å². The summed E-state index contributed by atoms with van der Waals surface area (Å²) in [6.07, 6.45) is 5.91. The highest BCUT2D eigenvalue weighted by Gasteiger charge is 1.99. The molecule has 0 heterocycles. The van der Waals surface area contributed by atoms with Crippen LogP contribution in [0.3, 0.4) is 0 Å². The molecule has 1 nitrogen and oxygen atoms in total. The molecular formula is C21H26O. The number of aryl methyl sites for hydroxylation is 1. The second kappa shape index (κ2) is 8.43. The average Bonchev–Trinajstić information content (AvgIpc) is 2.55. The van der Waals surface area contributed by atoms with Crippen LogP contribution in [0.2, 0.25) is 0 Å². The van der Waals surface area contributed by atoms with Gasteiger partial charge in [0.2, 0.25) is 0 Å². The summed E-state index contributed by atoms with van der Waals surface area (Å²) in [5.74, 6) is 0.928. The Morgan fingerprint density at radius 2 is 1.64 bits per heavy atom. The lowest BCUT2D eigenvalue weighted by Crippen LogP contribution is -1.90. The Hall–Kier alpha value is -2.02. The maximum absolute atomic E-state index is 5.48. The van der Waals surface area contributed by atoms with Gasteiger partial charge in [0.05, 0.1) is 6.61 Å². The third-order valence-corrected chi connectivity index (χ3v) is 3.80. The maximum Gasteiger partial charge on any atom is 0.119 e. The first-order chi connectivity index (χ1) is 10.7. The van der Waals surface area contributed by atoms with Crippen LogP contribution < -0.4 is 4.74 Å². The Balaban J connectivity index is 2.07. The molecule has 0 aromatic heterocycles. The van der Waals surface area contributed by atoms with Crippen LogP contribution in [0.15, 0.2) is 48.5 Å². The minimum atomic E-state index is 0.707. The van der Waals surface area contributed by atoms with Crippen molar-refractivity contribution in [3.8, 4) is 5.75 Å². The molecule has 0 radical (unpaired) electrons. The molecule has 1 heteroatoms. The topological polar surface area (TPSA) is 9.23 Å². The van der Waals surface area contributed by atoms with Crippen molar-refractivity contribution in [2.75, 3.05) is 6.61 Å². The molecule has 0 N–H and O–H groups in total. The normalized spacial score (nSPS) is 11.5. The summed E-state index contributed by atoms with van der Waals surface area (Å²) in [5, 5.41) is 0. The van der Waals surface area contributed by atoms with Gasteiger partial charge in [-0.05, 0) is 61.1 Å². The van der Waals surface area contributed by atoms with Gasteiger partial charge in [0.15, 0.2) is 0 Å². The molecular weight excluding hydrogens is 268 g/mol. The number of benzene rings is 2. The van der Waals surface area contributed by atoms with Gasteiger partial charge in [-0.1, -0.05) is 55.8 Å². The quantitative estimate of drug-likeness (QED) is 0.570. The smallest absolute Gasteiger partial charge is 0.119 e. The van der Waals surface area contributed by atoms with E-state index >= 15 is 0 Å². The van der Waals surface area contributed by atoms with E-state index in [9.17, 15) is 0 Å². The van der Waals surface area contributed by atoms with Gasteiger partial charge >= 0.3 is 0 Å². The summed E-state index contributed by atoms with van der Waals surface area (Å²) in [5.41, 5.74) is 5.20. The van der Waals surface area contributed by atoms with Crippen molar-refractivity contribution in [3.63, 3.8) is 0 Å². The molecule has 0 saturated carbocycles. The summed E-state index contributed by atoms with van der Waals surface area (Å²) < 4.78 is 5.48. The van der Waals surface area contributed by atoms with Gasteiger partial charge in [-0.3, -0.25) is 0 Å². The largest absolute Gasteiger partial charge is 0.494 e. The lowest BCUT2D eigenvalue weighted by atomic mass is 10.0. The van der Waals surface area contributed by atoms with Gasteiger partial charge < -0.3 is 4.74 Å². The Morgan fingerprint density at radius 1 is 0.955 bits per heavy atom. The minimum absolute atomic E-state index is 0.707. The Kier molecular flexibility index (Phi) is 6.27. The molecule has 0 atom stereocenters. The second-order valence-electron chi connectivity index (χ2n) is 5.63. The molecule has 2 aromatic rings. The van der Waals surface area contributed by atoms with Crippen LogP contribution in [0.4, 0.5) is 0 Å². The standard InChI is InChI=1S/C21H26O/c1-4-6-7-18-8-12-20(13-9-18)17(3)16-19-10-14-21(15-11-19)22-5-2/h8-16H,4-7H2,1-3H3/b17-16+. The lowest BCUT2D eigenvalue weighted by molar-refractivity contribution is 0.340. The fourth-order valence-corrected chi connectivity index (χ4v) is 2.48. The monoisotopic (exact) mass is 294 g/mol. The highest BCUT2D eigenvalue weighted by molar-refractivity contribution is 5.80. The average molecular weight is 294 g/mol. The first-order valence-corrected chi connectivity index (χ1v) is 8.23. The number of hydrogen-bond acceptors (Lipinski definition) is 1. The zero-order valence-corrected chi connectivity index (χ0v) is 13.9. The molecule has 0 spiro atoms. The number of allylic oxidation sites excluding steroid dienone is 1. The van der Waals surface area contributed by atoms with E-state index in [4.69, 9.17) is 4.74 Å². The summed E-state index contributed by atoms with van der Waals surface area (Å²) in [7, 11) is 0. The van der Waals surface area contributed by atoms with Crippen molar-refractivity contribution >= 4 is 11.6 Å². The first kappa shape index (κ1) is 16.4. The van der Waals surface area contributed by atoms with E-state index in [0.29, 0.717) is 6.61 Å². The fraction of sp³-hybridized carbons (Fsp3) is 0.333. The van der Waals surface area contributed by atoms with Crippen molar-refractivity contribution in [3.05, 3.63) is 65.2 Å². The van der Waals surface area contributed by atoms with Crippen LogP contribution in [-0.4, -0.2) is 6.61 Å². The van der Waals surface area contributed by atoms with Crippen molar-refractivity contribution in [2.45, 2.75) is 40.0 Å². The molecule has 0 unspecified atom stereocenters. The molecule has 0 fully saturated rings. The predicted molar refractivity (Wildman–Crippen MR) is 96.2 cm³/mol. The number of hydrogen-bond donors (Lipinski definition) is 0. The van der Waals surface area contributed by atoms with Crippen molar-refractivity contribution < 1.29 is 4.74 Å². The molecule has 0 saturated heterocycles. The van der Waals surface area contributed by atoms with Crippen LogP contribution in [-0.2, 0) is 6.42 Å². The van der Waals surface area contributed by atoms with E-state index in [1.165, 1.54) is 41.5 Å². The van der Waals surface area contributed by atoms with Crippen LogP contribution in [0, 0.1) is 0 Å². The van der Waals surface area contributed by atoms with E-state index in [1.54, 1.807) is 0 Å². The van der Waals surface area contributed by atoms with Gasteiger partial charge in [0.1, 0.15) is 5.75 Å². The maximum atomic E-state index is 5.48. The molecule has 0 aliphatic heterocycles. The molecule has 0 amide bonds. The zero-order valence-electron chi connectivity index (χ0n) is 13.9. The van der Waals surface area contributed by atoms with Gasteiger partial charge in [0, 0.05) is 0 Å². The highest BCUT2D eigenvalue weighted by Crippen LogP contribution is 2.20. The molecule has 0 aliphatic carbocycles. The van der Waals surface area contributed by atoms with Crippen molar-refractivity contribution in [1.29, 1.82) is 0 Å². The first-order valence-electron chi connectivity index (χ1n) is 8.23. The number of ether oxygens (including phenoxy) is 1. The van der Waals surface area contributed by atoms with E-state index in [-0.39, 0.29) is 0 Å². The van der Waals surface area contributed by atoms with Gasteiger partial charge in [-0.25, -0.2) is 0 Å². The minimum Gasteiger partial charge on any atom is -0.494 e. The molecule has 0 aliphatic rings. The van der Waals surface area contributed by atoms with Crippen LogP contribution in [0.25, 0.3) is 11.6 Å². The summed E-state index contributed by atoms with van der Waals surface area (Å²) in [6.45, 7) is 7.11. The Labute approximate surface area is 134 Å². The van der Waals surface area contributed by atoms with E-state index in [2.05, 4.69) is 56.3 Å². The molecule has 2 rings (SSSR count). The predicted octanol–water partition coefficient (Wildman–Crippen LogP) is 5.99. The van der Waals surface area contributed by atoms with Crippen molar-refractivity contribution in [1.82, 2.24) is 0 Å². The van der Waals surface area contributed by atoms with E-state index in [0.717, 1.165) is 5.75 Å². The summed E-state index contributed by atoms with van der Waals surface area (Å²) in [4.78, 5) is 0. The molecule has 22 heavy (non-hydrogen) atoms. The number of rotatable bonds is 7. The Bertz CT molecular complexity index is 591. The Morgan fingerprint density at radius 3 is 2.23 bits per heavy atom. The summed E-state index contributed by atoms with van der Waals surface area (Å²) in [6, 6.07) is 17.2. The molecule has 2 aromatic carbocycles. The lowest BCUT2D eigenvalue weighted by Gasteiger charge is -2.06. The highest BCUT2D eigenvalue weighted by atomic mass is 16.5. The van der Waals surface area contributed by atoms with E-state index in [1.807, 2.05) is 19.1 Å². The second-order valence-corrected chi connectivity index (χ2v) is 5.63. The SMILES string of the molecule is CCCCc1ccc(/C(C)=C/c2ccc(OCC)cc2)cc1. The van der Waals surface area contributed by atoms with Crippen LogP contribution >= 0.6 is 0 Å². The zero-order chi connectivity index (χ0) is 15.8. The molecule has 116 valence electrons. The van der Waals surface area contributed by atoms with Crippen LogP contribution in [0.1, 0.15) is 50.3 Å². The fourth-order valence-electron chi connectivity index (χ4n) is 2.48. The van der Waals surface area contributed by atoms with Crippen molar-refractivity contribution in [2.24, 2.45) is 0 Å². The van der Waals surface area contributed by atoms with Gasteiger partial charge in [0.25, 0.3) is 0 Å². The summed E-state index contributed by atoms with van der Waals surface area (Å²) >= 11 is 0. The number of unbranched alkanes of at least 4 members (excludes halogenated alkanes) is 1. The molecule has 0 bridgehead atoms. The third kappa shape index (κ3) is 4.77. The van der Waals surface area contributed by atoms with Gasteiger partial charge in [-0.2, -0.15) is 0 Å². The van der Waals surface area contributed by atoms with Gasteiger partial charge in [-0.15, -0.1) is 0 Å². The third-order valence-electron chi connectivity index (χ3n) is 3.80. The van der Waals surface area contributed by atoms with E-state index < -0.39 is 0 Å².